The number of rotatable bonds is 5. The molecule has 0 aromatic carbocycles. The van der Waals surface area contributed by atoms with Crippen molar-refractivity contribution in [2.45, 2.75) is 58.5 Å². The van der Waals surface area contributed by atoms with Crippen molar-refractivity contribution < 1.29 is 4.79 Å². The summed E-state index contributed by atoms with van der Waals surface area (Å²) in [5, 5.41) is 0. The first kappa shape index (κ1) is 16.4. The second-order valence-corrected chi connectivity index (χ2v) is 7.46. The van der Waals surface area contributed by atoms with Crippen LogP contribution in [0.2, 0.25) is 0 Å². The van der Waals surface area contributed by atoms with Gasteiger partial charge in [-0.3, -0.25) is 14.7 Å². The molecular weight excluding hydrogens is 286 g/mol. The molecule has 4 nitrogen and oxygen atoms in total. The minimum atomic E-state index is 0.359. The summed E-state index contributed by atoms with van der Waals surface area (Å²) in [5.41, 5.74) is 3.49. The van der Waals surface area contributed by atoms with E-state index in [4.69, 9.17) is 0 Å². The van der Waals surface area contributed by atoms with E-state index in [9.17, 15) is 4.79 Å². The molecule has 1 saturated heterocycles. The molecule has 1 saturated carbocycles. The van der Waals surface area contributed by atoms with E-state index in [0.717, 1.165) is 49.8 Å². The fourth-order valence-electron chi connectivity index (χ4n) is 3.66. The lowest BCUT2D eigenvalue weighted by Gasteiger charge is -2.27. The van der Waals surface area contributed by atoms with Gasteiger partial charge in [0.1, 0.15) is 0 Å². The largest absolute Gasteiger partial charge is 0.342 e. The highest BCUT2D eigenvalue weighted by Gasteiger charge is 2.30. The van der Waals surface area contributed by atoms with Crippen LogP contribution in [0.3, 0.4) is 0 Å². The SMILES string of the molecule is Cc1cc(C)nc(CN(C)[C@H]2CCC(=O)N(CC3CC3)CC2)c1. The van der Waals surface area contributed by atoms with Crippen LogP contribution in [0.25, 0.3) is 0 Å². The molecule has 0 unspecified atom stereocenters. The molecule has 2 fully saturated rings. The number of hydrogen-bond acceptors (Lipinski definition) is 3. The lowest BCUT2D eigenvalue weighted by Crippen LogP contribution is -2.34. The molecule has 0 bridgehead atoms. The van der Waals surface area contributed by atoms with Gasteiger partial charge in [0.25, 0.3) is 0 Å². The smallest absolute Gasteiger partial charge is 0.222 e. The third-order valence-corrected chi connectivity index (χ3v) is 5.14. The van der Waals surface area contributed by atoms with Gasteiger partial charge in [-0.15, -0.1) is 0 Å². The van der Waals surface area contributed by atoms with E-state index in [0.29, 0.717) is 18.4 Å². The maximum absolute atomic E-state index is 12.3. The lowest BCUT2D eigenvalue weighted by molar-refractivity contribution is -0.130. The summed E-state index contributed by atoms with van der Waals surface area (Å²) >= 11 is 0. The van der Waals surface area contributed by atoms with Gasteiger partial charge in [0.15, 0.2) is 0 Å². The lowest BCUT2D eigenvalue weighted by atomic mass is 10.1. The first-order valence-electron chi connectivity index (χ1n) is 8.93. The van der Waals surface area contributed by atoms with Crippen LogP contribution in [-0.2, 0) is 11.3 Å². The highest BCUT2D eigenvalue weighted by molar-refractivity contribution is 5.76. The fourth-order valence-corrected chi connectivity index (χ4v) is 3.66. The Morgan fingerprint density at radius 2 is 2.00 bits per heavy atom. The molecule has 3 rings (SSSR count). The molecule has 23 heavy (non-hydrogen) atoms. The zero-order chi connectivity index (χ0) is 16.4. The Morgan fingerprint density at radius 1 is 1.22 bits per heavy atom. The predicted octanol–water partition coefficient (Wildman–Crippen LogP) is 2.92. The van der Waals surface area contributed by atoms with Gasteiger partial charge in [0.05, 0.1) is 5.69 Å². The van der Waals surface area contributed by atoms with Crippen molar-refractivity contribution in [1.29, 1.82) is 0 Å². The highest BCUT2D eigenvalue weighted by atomic mass is 16.2. The molecule has 1 aromatic rings. The maximum Gasteiger partial charge on any atom is 0.222 e. The van der Waals surface area contributed by atoms with Crippen LogP contribution in [0.15, 0.2) is 12.1 Å². The number of likely N-dealkylation sites (tertiary alicyclic amines) is 1. The van der Waals surface area contributed by atoms with E-state index in [2.05, 4.69) is 47.8 Å². The number of carbonyl (C=O) groups excluding carboxylic acids is 1. The first-order valence-corrected chi connectivity index (χ1v) is 8.93. The van der Waals surface area contributed by atoms with Gasteiger partial charge in [-0.25, -0.2) is 0 Å². The van der Waals surface area contributed by atoms with Crippen LogP contribution in [0.5, 0.6) is 0 Å². The average molecular weight is 315 g/mol. The minimum absolute atomic E-state index is 0.359. The van der Waals surface area contributed by atoms with Crippen molar-refractivity contribution in [1.82, 2.24) is 14.8 Å². The summed E-state index contributed by atoms with van der Waals surface area (Å²) in [6.45, 7) is 6.96. The molecule has 4 heteroatoms. The topological polar surface area (TPSA) is 36.4 Å². The maximum atomic E-state index is 12.3. The van der Waals surface area contributed by atoms with E-state index in [1.165, 1.54) is 18.4 Å². The zero-order valence-corrected chi connectivity index (χ0v) is 14.7. The third kappa shape index (κ3) is 4.54. The normalized spacial score (nSPS) is 22.5. The van der Waals surface area contributed by atoms with Gasteiger partial charge in [-0.05, 0) is 70.2 Å². The van der Waals surface area contributed by atoms with Gasteiger partial charge in [-0.1, -0.05) is 0 Å². The van der Waals surface area contributed by atoms with E-state index >= 15 is 0 Å². The second-order valence-electron chi connectivity index (χ2n) is 7.46. The summed E-state index contributed by atoms with van der Waals surface area (Å²) in [4.78, 5) is 21.4. The van der Waals surface area contributed by atoms with Crippen molar-refractivity contribution in [3.05, 3.63) is 29.1 Å². The van der Waals surface area contributed by atoms with Crippen molar-refractivity contribution in [2.24, 2.45) is 5.92 Å². The average Bonchev–Trinajstić information content (AvgIpc) is 3.28. The van der Waals surface area contributed by atoms with E-state index in [1.807, 2.05) is 0 Å². The molecule has 0 N–H and O–H groups in total. The summed E-state index contributed by atoms with van der Waals surface area (Å²) in [6.07, 6.45) is 5.38. The summed E-state index contributed by atoms with van der Waals surface area (Å²) in [7, 11) is 2.17. The summed E-state index contributed by atoms with van der Waals surface area (Å²) in [5.74, 6) is 1.14. The van der Waals surface area contributed by atoms with Gasteiger partial charge < -0.3 is 4.90 Å². The molecule has 1 aliphatic heterocycles. The Balaban J connectivity index is 1.58. The highest BCUT2D eigenvalue weighted by Crippen LogP contribution is 2.31. The fraction of sp³-hybridized carbons (Fsp3) is 0.684. The standard InChI is InChI=1S/C19H29N3O/c1-14-10-15(2)20-17(11-14)13-21(3)18-6-7-19(23)22(9-8-18)12-16-4-5-16/h10-11,16,18H,4-9,12-13H2,1-3H3/t18-/m0/s1. The monoisotopic (exact) mass is 315 g/mol. The molecule has 1 amide bonds. The molecule has 1 aliphatic carbocycles. The predicted molar refractivity (Wildman–Crippen MR) is 92.1 cm³/mol. The quantitative estimate of drug-likeness (QED) is 0.838. The third-order valence-electron chi connectivity index (χ3n) is 5.14. The van der Waals surface area contributed by atoms with Crippen LogP contribution in [0, 0.1) is 19.8 Å². The molecule has 2 heterocycles. The van der Waals surface area contributed by atoms with Crippen molar-refractivity contribution in [2.75, 3.05) is 20.1 Å². The Bertz CT molecular complexity index is 547. The van der Waals surface area contributed by atoms with Gasteiger partial charge >= 0.3 is 0 Å². The Hall–Kier alpha value is -1.42. The van der Waals surface area contributed by atoms with E-state index in [-0.39, 0.29) is 0 Å². The molecule has 126 valence electrons. The van der Waals surface area contributed by atoms with Crippen LogP contribution in [0.4, 0.5) is 0 Å². The van der Waals surface area contributed by atoms with Crippen LogP contribution in [-0.4, -0.2) is 46.9 Å². The number of hydrogen-bond donors (Lipinski definition) is 0. The van der Waals surface area contributed by atoms with Crippen LogP contribution in [0.1, 0.15) is 49.1 Å². The van der Waals surface area contributed by atoms with Crippen molar-refractivity contribution >= 4 is 5.91 Å². The van der Waals surface area contributed by atoms with Gasteiger partial charge in [0, 0.05) is 37.8 Å². The van der Waals surface area contributed by atoms with Crippen molar-refractivity contribution in [3.8, 4) is 0 Å². The van der Waals surface area contributed by atoms with Gasteiger partial charge in [-0.2, -0.15) is 0 Å². The number of nitrogens with zero attached hydrogens (tertiary/aromatic N) is 3. The molecule has 0 spiro atoms. The van der Waals surface area contributed by atoms with Crippen molar-refractivity contribution in [3.63, 3.8) is 0 Å². The Morgan fingerprint density at radius 3 is 2.70 bits per heavy atom. The zero-order valence-electron chi connectivity index (χ0n) is 14.7. The Labute approximate surface area is 139 Å². The van der Waals surface area contributed by atoms with E-state index < -0.39 is 0 Å². The Kier molecular flexibility index (Phi) is 5.00. The number of pyridine rings is 1. The van der Waals surface area contributed by atoms with Gasteiger partial charge in [0.2, 0.25) is 5.91 Å². The molecular formula is C19H29N3O. The molecule has 2 aliphatic rings. The minimum Gasteiger partial charge on any atom is -0.342 e. The van der Waals surface area contributed by atoms with Crippen LogP contribution < -0.4 is 0 Å². The second kappa shape index (κ2) is 7.00. The molecule has 1 atom stereocenters. The molecule has 0 radical (unpaired) electrons. The van der Waals surface area contributed by atoms with E-state index in [1.54, 1.807) is 0 Å². The first-order chi connectivity index (χ1) is 11.0. The summed E-state index contributed by atoms with van der Waals surface area (Å²) < 4.78 is 0. The number of aromatic nitrogens is 1. The molecule has 1 aromatic heterocycles. The van der Waals surface area contributed by atoms with Crippen LogP contribution >= 0.6 is 0 Å². The number of aryl methyl sites for hydroxylation is 2. The summed E-state index contributed by atoms with van der Waals surface area (Å²) in [6, 6.07) is 4.76. The number of carbonyl (C=O) groups is 1. The number of amides is 1.